The van der Waals surface area contributed by atoms with E-state index < -0.39 is 11.9 Å². The van der Waals surface area contributed by atoms with Gasteiger partial charge in [-0.15, -0.1) is 0 Å². The standard InChI is InChI=1S/C16H16N2O4/c1-18(2)12-6-3-10(4-7-12)15(20)17-13-9-11(16(21)22)5-8-14(13)19/h3-9,19H,1-2H3,(H,17,20)(H,21,22). The van der Waals surface area contributed by atoms with E-state index in [1.54, 1.807) is 24.3 Å². The minimum absolute atomic E-state index is 0.0175. The molecule has 6 nitrogen and oxygen atoms in total. The van der Waals surface area contributed by atoms with Crippen molar-refractivity contribution >= 4 is 23.3 Å². The number of nitrogens with one attached hydrogen (secondary N) is 1. The van der Waals surface area contributed by atoms with Gasteiger partial charge in [-0.2, -0.15) is 0 Å². The van der Waals surface area contributed by atoms with Crippen LogP contribution >= 0.6 is 0 Å². The maximum absolute atomic E-state index is 12.1. The average molecular weight is 300 g/mol. The summed E-state index contributed by atoms with van der Waals surface area (Å²) in [6.45, 7) is 0. The lowest BCUT2D eigenvalue weighted by Gasteiger charge is -2.13. The van der Waals surface area contributed by atoms with Crippen LogP contribution in [-0.2, 0) is 0 Å². The number of rotatable bonds is 4. The molecular weight excluding hydrogens is 284 g/mol. The maximum atomic E-state index is 12.1. The number of anilines is 2. The first-order valence-corrected chi connectivity index (χ1v) is 6.53. The Morgan fingerprint density at radius 1 is 1.00 bits per heavy atom. The Balaban J connectivity index is 2.21. The maximum Gasteiger partial charge on any atom is 0.335 e. The Labute approximate surface area is 127 Å². The van der Waals surface area contributed by atoms with E-state index in [-0.39, 0.29) is 17.0 Å². The number of nitrogens with zero attached hydrogens (tertiary/aromatic N) is 1. The number of carbonyl (C=O) groups excluding carboxylic acids is 1. The predicted octanol–water partition coefficient (Wildman–Crippen LogP) is 2.41. The third-order valence-corrected chi connectivity index (χ3v) is 3.14. The summed E-state index contributed by atoms with van der Waals surface area (Å²) in [5.41, 5.74) is 1.40. The lowest BCUT2D eigenvalue weighted by atomic mass is 10.1. The number of hydrogen-bond acceptors (Lipinski definition) is 4. The number of aromatic carboxylic acids is 1. The summed E-state index contributed by atoms with van der Waals surface area (Å²) in [5, 5.41) is 21.2. The molecule has 0 unspecified atom stereocenters. The zero-order valence-corrected chi connectivity index (χ0v) is 12.2. The Bertz CT molecular complexity index is 709. The van der Waals surface area contributed by atoms with E-state index in [0.29, 0.717) is 5.56 Å². The zero-order valence-electron chi connectivity index (χ0n) is 12.2. The number of phenols is 1. The minimum Gasteiger partial charge on any atom is -0.506 e. The van der Waals surface area contributed by atoms with Crippen LogP contribution in [-0.4, -0.2) is 36.2 Å². The summed E-state index contributed by atoms with van der Waals surface area (Å²) in [5.74, 6) is -1.75. The van der Waals surface area contributed by atoms with Crippen LogP contribution in [0.2, 0.25) is 0 Å². The van der Waals surface area contributed by atoms with Crippen LogP contribution in [0.4, 0.5) is 11.4 Å². The minimum atomic E-state index is -1.13. The van der Waals surface area contributed by atoms with E-state index in [2.05, 4.69) is 5.32 Å². The summed E-state index contributed by atoms with van der Waals surface area (Å²) in [6.07, 6.45) is 0. The predicted molar refractivity (Wildman–Crippen MR) is 83.8 cm³/mol. The Hall–Kier alpha value is -3.02. The van der Waals surface area contributed by atoms with Crippen molar-refractivity contribution in [2.24, 2.45) is 0 Å². The van der Waals surface area contributed by atoms with Gasteiger partial charge in [-0.25, -0.2) is 4.79 Å². The molecular formula is C16H16N2O4. The molecule has 0 bridgehead atoms. The topological polar surface area (TPSA) is 89.9 Å². The Morgan fingerprint density at radius 3 is 2.14 bits per heavy atom. The molecule has 3 N–H and O–H groups in total. The number of amides is 1. The van der Waals surface area contributed by atoms with Gasteiger partial charge in [0.25, 0.3) is 5.91 Å². The van der Waals surface area contributed by atoms with Gasteiger partial charge in [0.1, 0.15) is 5.75 Å². The van der Waals surface area contributed by atoms with Crippen molar-refractivity contribution in [2.75, 3.05) is 24.3 Å². The summed E-state index contributed by atoms with van der Waals surface area (Å²) < 4.78 is 0. The number of carboxylic acid groups (broad SMARTS) is 1. The molecule has 0 saturated carbocycles. The highest BCUT2D eigenvalue weighted by Gasteiger charge is 2.12. The number of benzene rings is 2. The second-order valence-corrected chi connectivity index (χ2v) is 4.93. The van der Waals surface area contributed by atoms with Crippen molar-refractivity contribution in [1.29, 1.82) is 0 Å². The van der Waals surface area contributed by atoms with E-state index in [4.69, 9.17) is 5.11 Å². The summed E-state index contributed by atoms with van der Waals surface area (Å²) in [6, 6.07) is 10.6. The van der Waals surface area contributed by atoms with Gasteiger partial charge in [0.05, 0.1) is 11.3 Å². The molecule has 0 aliphatic carbocycles. The molecule has 114 valence electrons. The lowest BCUT2D eigenvalue weighted by molar-refractivity contribution is 0.0696. The van der Waals surface area contributed by atoms with Crippen molar-refractivity contribution in [3.8, 4) is 5.75 Å². The highest BCUT2D eigenvalue weighted by atomic mass is 16.4. The fraction of sp³-hybridized carbons (Fsp3) is 0.125. The van der Waals surface area contributed by atoms with Crippen LogP contribution in [0.25, 0.3) is 0 Å². The second-order valence-electron chi connectivity index (χ2n) is 4.93. The Kier molecular flexibility index (Phi) is 4.31. The molecule has 0 spiro atoms. The van der Waals surface area contributed by atoms with Gasteiger partial charge >= 0.3 is 5.97 Å². The van der Waals surface area contributed by atoms with Crippen molar-refractivity contribution in [3.63, 3.8) is 0 Å². The van der Waals surface area contributed by atoms with Crippen molar-refractivity contribution < 1.29 is 19.8 Å². The first-order chi connectivity index (χ1) is 10.4. The van der Waals surface area contributed by atoms with Gasteiger partial charge in [-0.05, 0) is 42.5 Å². The van der Waals surface area contributed by atoms with Gasteiger partial charge in [-0.3, -0.25) is 4.79 Å². The summed E-state index contributed by atoms with van der Waals surface area (Å²) >= 11 is 0. The molecule has 6 heteroatoms. The molecule has 0 atom stereocenters. The normalized spacial score (nSPS) is 10.1. The third-order valence-electron chi connectivity index (χ3n) is 3.14. The molecule has 0 fully saturated rings. The van der Waals surface area contributed by atoms with Crippen molar-refractivity contribution in [1.82, 2.24) is 0 Å². The molecule has 0 saturated heterocycles. The number of aromatic hydroxyl groups is 1. The number of carbonyl (C=O) groups is 2. The molecule has 1 amide bonds. The van der Waals surface area contributed by atoms with Gasteiger partial charge in [0.2, 0.25) is 0 Å². The largest absolute Gasteiger partial charge is 0.506 e. The second kappa shape index (κ2) is 6.17. The highest BCUT2D eigenvalue weighted by Crippen LogP contribution is 2.25. The molecule has 0 radical (unpaired) electrons. The molecule has 22 heavy (non-hydrogen) atoms. The summed E-state index contributed by atoms with van der Waals surface area (Å²) in [4.78, 5) is 25.0. The quantitative estimate of drug-likeness (QED) is 0.754. The molecule has 0 aliphatic rings. The van der Waals surface area contributed by atoms with Gasteiger partial charge in [0, 0.05) is 25.3 Å². The van der Waals surface area contributed by atoms with E-state index in [9.17, 15) is 14.7 Å². The van der Waals surface area contributed by atoms with Crippen LogP contribution in [0, 0.1) is 0 Å². The summed E-state index contributed by atoms with van der Waals surface area (Å²) in [7, 11) is 3.79. The van der Waals surface area contributed by atoms with E-state index in [1.807, 2.05) is 19.0 Å². The van der Waals surface area contributed by atoms with Crippen LogP contribution in [0.1, 0.15) is 20.7 Å². The number of hydrogen-bond donors (Lipinski definition) is 3. The van der Waals surface area contributed by atoms with Gasteiger partial charge in [0.15, 0.2) is 0 Å². The van der Waals surface area contributed by atoms with Crippen LogP contribution in [0.15, 0.2) is 42.5 Å². The first-order valence-electron chi connectivity index (χ1n) is 6.53. The SMILES string of the molecule is CN(C)c1ccc(C(=O)Nc2cc(C(=O)O)ccc2O)cc1. The molecule has 2 aromatic rings. The number of carboxylic acids is 1. The molecule has 2 rings (SSSR count). The van der Waals surface area contributed by atoms with Crippen LogP contribution < -0.4 is 10.2 Å². The van der Waals surface area contributed by atoms with E-state index in [1.165, 1.54) is 18.2 Å². The molecule has 0 heterocycles. The van der Waals surface area contributed by atoms with E-state index in [0.717, 1.165) is 5.69 Å². The first kappa shape index (κ1) is 15.4. The van der Waals surface area contributed by atoms with E-state index >= 15 is 0 Å². The highest BCUT2D eigenvalue weighted by molar-refractivity contribution is 6.05. The number of phenolic OH excluding ortho intramolecular Hbond substituents is 1. The van der Waals surface area contributed by atoms with Crippen molar-refractivity contribution in [3.05, 3.63) is 53.6 Å². The fourth-order valence-corrected chi connectivity index (χ4v) is 1.87. The smallest absolute Gasteiger partial charge is 0.335 e. The van der Waals surface area contributed by atoms with Gasteiger partial charge in [-0.1, -0.05) is 0 Å². The molecule has 2 aromatic carbocycles. The average Bonchev–Trinajstić information content (AvgIpc) is 2.49. The fourth-order valence-electron chi connectivity index (χ4n) is 1.87. The zero-order chi connectivity index (χ0) is 16.3. The van der Waals surface area contributed by atoms with Crippen molar-refractivity contribution in [2.45, 2.75) is 0 Å². The molecule has 0 aromatic heterocycles. The van der Waals surface area contributed by atoms with Crippen LogP contribution in [0.5, 0.6) is 5.75 Å². The lowest BCUT2D eigenvalue weighted by Crippen LogP contribution is -2.13. The Morgan fingerprint density at radius 2 is 1.59 bits per heavy atom. The van der Waals surface area contributed by atoms with Gasteiger partial charge < -0.3 is 20.4 Å². The van der Waals surface area contributed by atoms with Crippen LogP contribution in [0.3, 0.4) is 0 Å². The third kappa shape index (κ3) is 3.35. The molecule has 0 aliphatic heterocycles. The monoisotopic (exact) mass is 300 g/mol.